The first-order chi connectivity index (χ1) is 7.69. The topological polar surface area (TPSA) is 72.6 Å². The average Bonchev–Trinajstić information content (AvgIpc) is 2.78. The summed E-state index contributed by atoms with van der Waals surface area (Å²) in [6.45, 7) is 4.12. The number of amides is 1. The molecule has 0 aliphatic heterocycles. The van der Waals surface area contributed by atoms with Gasteiger partial charge in [-0.05, 0) is 13.8 Å². The summed E-state index contributed by atoms with van der Waals surface area (Å²) >= 11 is 0. The molecule has 0 bridgehead atoms. The highest BCUT2D eigenvalue weighted by Crippen LogP contribution is 2.02. The van der Waals surface area contributed by atoms with Gasteiger partial charge in [-0.15, -0.1) is 0 Å². The van der Waals surface area contributed by atoms with Crippen molar-refractivity contribution >= 4 is 11.9 Å². The number of hydrogen-bond acceptors (Lipinski definition) is 5. The van der Waals surface area contributed by atoms with Gasteiger partial charge in [0.2, 0.25) is 0 Å². The molecule has 0 N–H and O–H groups in total. The Bertz CT molecular complexity index is 348. The first-order valence-corrected chi connectivity index (χ1v) is 5.04. The Labute approximate surface area is 93.1 Å². The molecular formula is C10H14N2O4. The first-order valence-electron chi connectivity index (χ1n) is 5.04. The second kappa shape index (κ2) is 5.89. The van der Waals surface area contributed by atoms with Gasteiger partial charge in [-0.1, -0.05) is 5.16 Å². The van der Waals surface area contributed by atoms with Crippen molar-refractivity contribution in [3.8, 4) is 0 Å². The van der Waals surface area contributed by atoms with E-state index in [1.54, 1.807) is 13.8 Å². The predicted molar refractivity (Wildman–Crippen MR) is 54.7 cm³/mol. The van der Waals surface area contributed by atoms with Crippen LogP contribution in [-0.4, -0.2) is 41.6 Å². The fourth-order valence-electron chi connectivity index (χ4n) is 1.17. The lowest BCUT2D eigenvalue weighted by molar-refractivity contribution is -0.143. The molecule has 0 atom stereocenters. The Hall–Kier alpha value is -1.85. The van der Waals surface area contributed by atoms with Crippen molar-refractivity contribution in [2.24, 2.45) is 0 Å². The molecule has 1 aromatic rings. The summed E-state index contributed by atoms with van der Waals surface area (Å²) < 4.78 is 9.33. The molecular weight excluding hydrogens is 212 g/mol. The Morgan fingerprint density at radius 2 is 2.25 bits per heavy atom. The van der Waals surface area contributed by atoms with Crippen molar-refractivity contribution in [3.63, 3.8) is 0 Å². The van der Waals surface area contributed by atoms with Crippen LogP contribution in [0.4, 0.5) is 0 Å². The van der Waals surface area contributed by atoms with Crippen molar-refractivity contribution in [1.82, 2.24) is 10.1 Å². The van der Waals surface area contributed by atoms with Crippen LogP contribution in [0.2, 0.25) is 0 Å². The lowest BCUT2D eigenvalue weighted by Gasteiger charge is -2.17. The Morgan fingerprint density at radius 1 is 1.50 bits per heavy atom. The fourth-order valence-corrected chi connectivity index (χ4v) is 1.17. The Morgan fingerprint density at radius 3 is 2.75 bits per heavy atom. The number of aromatic nitrogens is 1. The molecule has 0 aliphatic rings. The average molecular weight is 226 g/mol. The van der Waals surface area contributed by atoms with Gasteiger partial charge >= 0.3 is 5.97 Å². The van der Waals surface area contributed by atoms with E-state index in [9.17, 15) is 9.59 Å². The van der Waals surface area contributed by atoms with Crippen LogP contribution in [0.1, 0.15) is 24.3 Å². The maximum absolute atomic E-state index is 11.8. The van der Waals surface area contributed by atoms with Crippen LogP contribution < -0.4 is 0 Å². The highest BCUT2D eigenvalue weighted by atomic mass is 16.5. The van der Waals surface area contributed by atoms with Gasteiger partial charge < -0.3 is 14.2 Å². The second-order valence-electron chi connectivity index (χ2n) is 3.01. The highest BCUT2D eigenvalue weighted by molar-refractivity contribution is 5.94. The van der Waals surface area contributed by atoms with Gasteiger partial charge in [0.1, 0.15) is 12.8 Å². The number of rotatable bonds is 5. The van der Waals surface area contributed by atoms with Crippen LogP contribution in [-0.2, 0) is 9.53 Å². The maximum atomic E-state index is 11.8. The minimum atomic E-state index is -0.429. The van der Waals surface area contributed by atoms with E-state index < -0.39 is 5.97 Å². The summed E-state index contributed by atoms with van der Waals surface area (Å²) in [5.41, 5.74) is 0.186. The summed E-state index contributed by atoms with van der Waals surface area (Å²) in [4.78, 5) is 24.3. The van der Waals surface area contributed by atoms with Gasteiger partial charge in [0, 0.05) is 12.6 Å². The van der Waals surface area contributed by atoms with E-state index >= 15 is 0 Å². The van der Waals surface area contributed by atoms with Gasteiger partial charge in [-0.25, -0.2) is 0 Å². The number of ether oxygens (including phenoxy) is 1. The highest BCUT2D eigenvalue weighted by Gasteiger charge is 2.19. The largest absolute Gasteiger partial charge is 0.465 e. The van der Waals surface area contributed by atoms with E-state index in [1.165, 1.54) is 17.2 Å². The van der Waals surface area contributed by atoms with Gasteiger partial charge in [0.05, 0.1) is 6.61 Å². The van der Waals surface area contributed by atoms with E-state index in [2.05, 4.69) is 9.68 Å². The minimum Gasteiger partial charge on any atom is -0.465 e. The van der Waals surface area contributed by atoms with Gasteiger partial charge in [0.25, 0.3) is 5.91 Å². The molecule has 0 saturated carbocycles. The molecule has 1 rings (SSSR count). The molecule has 88 valence electrons. The normalized spacial score (nSPS) is 9.88. The van der Waals surface area contributed by atoms with E-state index in [0.29, 0.717) is 13.2 Å². The summed E-state index contributed by atoms with van der Waals surface area (Å²) in [5, 5.41) is 3.52. The summed E-state index contributed by atoms with van der Waals surface area (Å²) in [6, 6.07) is 1.45. The molecule has 0 radical (unpaired) electrons. The minimum absolute atomic E-state index is 0.0734. The van der Waals surface area contributed by atoms with Gasteiger partial charge in [-0.2, -0.15) is 0 Å². The van der Waals surface area contributed by atoms with E-state index in [0.717, 1.165) is 0 Å². The maximum Gasteiger partial charge on any atom is 0.325 e. The third-order valence-corrected chi connectivity index (χ3v) is 1.95. The first kappa shape index (κ1) is 12.2. The van der Waals surface area contributed by atoms with E-state index in [4.69, 9.17) is 4.74 Å². The standard InChI is InChI=1S/C10H14N2O4/c1-3-12(7-9(13)15-4-2)10(14)8-5-6-16-11-8/h5-6H,3-4,7H2,1-2H3. The summed E-state index contributed by atoms with van der Waals surface area (Å²) in [7, 11) is 0. The Balaban J connectivity index is 2.61. The Kier molecular flexibility index (Phi) is 4.50. The number of likely N-dealkylation sites (N-methyl/N-ethyl adjacent to an activating group) is 1. The van der Waals surface area contributed by atoms with Crippen LogP contribution >= 0.6 is 0 Å². The van der Waals surface area contributed by atoms with Gasteiger partial charge in [-0.3, -0.25) is 9.59 Å². The molecule has 0 saturated heterocycles. The molecule has 6 nitrogen and oxygen atoms in total. The van der Waals surface area contributed by atoms with Crippen molar-refractivity contribution in [3.05, 3.63) is 18.0 Å². The lowest BCUT2D eigenvalue weighted by Crippen LogP contribution is -2.36. The number of esters is 1. The zero-order valence-electron chi connectivity index (χ0n) is 9.30. The van der Waals surface area contributed by atoms with Crippen LogP contribution in [0.15, 0.2) is 16.9 Å². The molecule has 1 amide bonds. The van der Waals surface area contributed by atoms with Crippen molar-refractivity contribution in [1.29, 1.82) is 0 Å². The molecule has 1 heterocycles. The molecule has 0 aliphatic carbocycles. The van der Waals surface area contributed by atoms with Crippen LogP contribution in [0.3, 0.4) is 0 Å². The smallest absolute Gasteiger partial charge is 0.325 e. The van der Waals surface area contributed by atoms with Crippen molar-refractivity contribution < 1.29 is 18.8 Å². The second-order valence-corrected chi connectivity index (χ2v) is 3.01. The molecule has 0 fully saturated rings. The quantitative estimate of drug-likeness (QED) is 0.691. The zero-order chi connectivity index (χ0) is 12.0. The summed E-state index contributed by atoms with van der Waals surface area (Å²) in [6.07, 6.45) is 1.31. The lowest BCUT2D eigenvalue weighted by atomic mass is 10.3. The number of carbonyl (C=O) groups excluding carboxylic acids is 2. The molecule has 0 unspecified atom stereocenters. The number of nitrogens with zero attached hydrogens (tertiary/aromatic N) is 2. The third kappa shape index (κ3) is 3.08. The van der Waals surface area contributed by atoms with Gasteiger partial charge in [0.15, 0.2) is 5.69 Å². The molecule has 16 heavy (non-hydrogen) atoms. The predicted octanol–water partition coefficient (Wildman–Crippen LogP) is 0.700. The SMILES string of the molecule is CCOC(=O)CN(CC)C(=O)c1ccon1. The monoisotopic (exact) mass is 226 g/mol. The number of hydrogen-bond donors (Lipinski definition) is 0. The van der Waals surface area contributed by atoms with Crippen LogP contribution in [0.5, 0.6) is 0 Å². The molecule has 0 spiro atoms. The van der Waals surface area contributed by atoms with E-state index in [1.807, 2.05) is 0 Å². The van der Waals surface area contributed by atoms with Crippen LogP contribution in [0, 0.1) is 0 Å². The number of carbonyl (C=O) groups is 2. The molecule has 1 aromatic heterocycles. The molecule has 6 heteroatoms. The summed E-state index contributed by atoms with van der Waals surface area (Å²) in [5.74, 6) is -0.773. The van der Waals surface area contributed by atoms with E-state index in [-0.39, 0.29) is 18.1 Å². The third-order valence-electron chi connectivity index (χ3n) is 1.95. The van der Waals surface area contributed by atoms with Crippen LogP contribution in [0.25, 0.3) is 0 Å². The zero-order valence-corrected chi connectivity index (χ0v) is 9.30. The van der Waals surface area contributed by atoms with Crippen molar-refractivity contribution in [2.45, 2.75) is 13.8 Å². The fraction of sp³-hybridized carbons (Fsp3) is 0.500. The van der Waals surface area contributed by atoms with Crippen molar-refractivity contribution in [2.75, 3.05) is 19.7 Å². The molecule has 0 aromatic carbocycles.